The van der Waals surface area contributed by atoms with Gasteiger partial charge in [-0.05, 0) is 37.5 Å². The van der Waals surface area contributed by atoms with E-state index in [0.29, 0.717) is 19.3 Å². The summed E-state index contributed by atoms with van der Waals surface area (Å²) in [5.41, 5.74) is 0.181. The highest BCUT2D eigenvalue weighted by atomic mass is 35.5. The molecule has 0 spiro atoms. The molecule has 0 radical (unpaired) electrons. The Morgan fingerprint density at radius 3 is 2.68 bits per heavy atom. The number of carboxylic acid groups (broad SMARTS) is 1. The summed E-state index contributed by atoms with van der Waals surface area (Å²) in [5.74, 6) is -2.31. The average Bonchev–Trinajstić information content (AvgIpc) is 2.81. The van der Waals surface area contributed by atoms with Gasteiger partial charge in [0.15, 0.2) is 0 Å². The zero-order valence-corrected chi connectivity index (χ0v) is 10.8. The molecule has 1 aromatic carbocycles. The van der Waals surface area contributed by atoms with Crippen molar-refractivity contribution in [1.29, 1.82) is 0 Å². The highest BCUT2D eigenvalue weighted by molar-refractivity contribution is 6.30. The number of carbonyl (C=O) groups excluding carboxylic acids is 1. The fourth-order valence-corrected chi connectivity index (χ4v) is 2.36. The van der Waals surface area contributed by atoms with E-state index in [9.17, 15) is 14.0 Å². The van der Waals surface area contributed by atoms with E-state index in [2.05, 4.69) is 5.32 Å². The van der Waals surface area contributed by atoms with Crippen molar-refractivity contribution in [3.8, 4) is 0 Å². The van der Waals surface area contributed by atoms with Gasteiger partial charge in [0, 0.05) is 11.6 Å². The van der Waals surface area contributed by atoms with E-state index in [1.54, 1.807) is 0 Å². The molecule has 2 rings (SSSR count). The fourth-order valence-electron chi connectivity index (χ4n) is 2.24. The van der Waals surface area contributed by atoms with Crippen LogP contribution >= 0.6 is 11.6 Å². The molecular formula is C13H13ClFNO3. The number of aliphatic carboxylic acids is 1. The maximum Gasteiger partial charge on any atom is 0.306 e. The molecule has 0 aliphatic heterocycles. The van der Waals surface area contributed by atoms with E-state index in [-0.39, 0.29) is 16.6 Å². The first-order chi connectivity index (χ1) is 8.97. The van der Waals surface area contributed by atoms with Gasteiger partial charge >= 0.3 is 5.97 Å². The molecule has 19 heavy (non-hydrogen) atoms. The first-order valence-electron chi connectivity index (χ1n) is 5.96. The predicted octanol–water partition coefficient (Wildman–Crippen LogP) is 2.46. The van der Waals surface area contributed by atoms with Crippen LogP contribution in [-0.2, 0) is 4.79 Å². The van der Waals surface area contributed by atoms with Gasteiger partial charge in [-0.15, -0.1) is 0 Å². The highest BCUT2D eigenvalue weighted by Crippen LogP contribution is 2.26. The van der Waals surface area contributed by atoms with E-state index in [4.69, 9.17) is 16.7 Å². The zero-order chi connectivity index (χ0) is 14.0. The molecule has 6 heteroatoms. The number of benzene rings is 1. The lowest BCUT2D eigenvalue weighted by molar-refractivity contribution is -0.141. The van der Waals surface area contributed by atoms with Crippen LogP contribution in [0.4, 0.5) is 4.39 Å². The molecule has 0 aromatic heterocycles. The van der Waals surface area contributed by atoms with Gasteiger partial charge in [-0.2, -0.15) is 0 Å². The van der Waals surface area contributed by atoms with Crippen molar-refractivity contribution in [2.45, 2.75) is 25.3 Å². The number of carboxylic acids is 1. The molecule has 0 unspecified atom stereocenters. The summed E-state index contributed by atoms with van der Waals surface area (Å²) in [7, 11) is 0. The predicted molar refractivity (Wildman–Crippen MR) is 67.6 cm³/mol. The van der Waals surface area contributed by atoms with E-state index in [1.165, 1.54) is 12.1 Å². The second-order valence-electron chi connectivity index (χ2n) is 4.65. The maximum atomic E-state index is 13.2. The first kappa shape index (κ1) is 13.8. The molecular weight excluding hydrogens is 273 g/mol. The van der Waals surface area contributed by atoms with Gasteiger partial charge in [0.25, 0.3) is 5.91 Å². The molecule has 2 N–H and O–H groups in total. The van der Waals surface area contributed by atoms with Gasteiger partial charge in [-0.25, -0.2) is 4.39 Å². The second kappa shape index (κ2) is 5.57. The molecule has 1 aliphatic carbocycles. The van der Waals surface area contributed by atoms with Crippen LogP contribution in [0.1, 0.15) is 29.6 Å². The zero-order valence-electron chi connectivity index (χ0n) is 10.0. The van der Waals surface area contributed by atoms with Crippen LogP contribution in [0.15, 0.2) is 18.2 Å². The minimum absolute atomic E-state index is 0.0386. The Kier molecular flexibility index (Phi) is 4.04. The molecule has 0 bridgehead atoms. The van der Waals surface area contributed by atoms with Gasteiger partial charge in [0.2, 0.25) is 0 Å². The molecule has 4 nitrogen and oxygen atoms in total. The SMILES string of the molecule is O=C(N[C@@H]1CC[C@H](C(=O)O)C1)c1ccc(Cl)c(F)c1. The number of carbonyl (C=O) groups is 2. The van der Waals surface area contributed by atoms with Crippen LogP contribution in [0.3, 0.4) is 0 Å². The van der Waals surface area contributed by atoms with E-state index in [0.717, 1.165) is 6.07 Å². The van der Waals surface area contributed by atoms with Gasteiger partial charge in [0.05, 0.1) is 10.9 Å². The maximum absolute atomic E-state index is 13.2. The summed E-state index contributed by atoms with van der Waals surface area (Å²) < 4.78 is 13.2. The van der Waals surface area contributed by atoms with Crippen LogP contribution in [0.2, 0.25) is 5.02 Å². The van der Waals surface area contributed by atoms with Crippen molar-refractivity contribution >= 4 is 23.5 Å². The second-order valence-corrected chi connectivity index (χ2v) is 5.05. The Morgan fingerprint density at radius 2 is 2.11 bits per heavy atom. The van der Waals surface area contributed by atoms with Crippen LogP contribution in [0, 0.1) is 11.7 Å². The summed E-state index contributed by atoms with van der Waals surface area (Å²) in [6, 6.07) is 3.65. The smallest absolute Gasteiger partial charge is 0.306 e. The number of hydrogen-bond donors (Lipinski definition) is 2. The lowest BCUT2D eigenvalue weighted by atomic mass is 10.1. The van der Waals surface area contributed by atoms with Crippen molar-refractivity contribution in [1.82, 2.24) is 5.32 Å². The summed E-state index contributed by atoms with van der Waals surface area (Å²) in [6.45, 7) is 0. The summed E-state index contributed by atoms with van der Waals surface area (Å²) in [4.78, 5) is 22.7. The quantitative estimate of drug-likeness (QED) is 0.896. The van der Waals surface area contributed by atoms with Gasteiger partial charge in [-0.3, -0.25) is 9.59 Å². The average molecular weight is 286 g/mol. The molecule has 1 aliphatic rings. The van der Waals surface area contributed by atoms with Gasteiger partial charge in [0.1, 0.15) is 5.82 Å². The normalized spacial score (nSPS) is 22.2. The summed E-state index contributed by atoms with van der Waals surface area (Å²) >= 11 is 5.54. The van der Waals surface area contributed by atoms with Crippen molar-refractivity contribution in [2.75, 3.05) is 0 Å². The third kappa shape index (κ3) is 3.23. The Hall–Kier alpha value is -1.62. The van der Waals surface area contributed by atoms with E-state index in [1.807, 2.05) is 0 Å². The number of hydrogen-bond acceptors (Lipinski definition) is 2. The Bertz CT molecular complexity index is 521. The number of rotatable bonds is 3. The van der Waals surface area contributed by atoms with Crippen molar-refractivity contribution in [2.24, 2.45) is 5.92 Å². The summed E-state index contributed by atoms with van der Waals surface area (Å²) in [6.07, 6.45) is 1.59. The number of halogens is 2. The highest BCUT2D eigenvalue weighted by Gasteiger charge is 2.30. The molecule has 102 valence electrons. The topological polar surface area (TPSA) is 66.4 Å². The molecule has 1 amide bonds. The van der Waals surface area contributed by atoms with Crippen LogP contribution in [0.5, 0.6) is 0 Å². The molecule has 2 atom stereocenters. The van der Waals surface area contributed by atoms with Crippen LogP contribution < -0.4 is 5.32 Å². The third-order valence-electron chi connectivity index (χ3n) is 3.30. The monoisotopic (exact) mass is 285 g/mol. The molecule has 0 heterocycles. The Labute approximate surface area is 114 Å². The van der Waals surface area contributed by atoms with Crippen LogP contribution in [0.25, 0.3) is 0 Å². The van der Waals surface area contributed by atoms with Crippen LogP contribution in [-0.4, -0.2) is 23.0 Å². The first-order valence-corrected chi connectivity index (χ1v) is 6.34. The number of amides is 1. The van der Waals surface area contributed by atoms with Crippen molar-refractivity contribution in [3.05, 3.63) is 34.6 Å². The minimum atomic E-state index is -0.839. The minimum Gasteiger partial charge on any atom is -0.481 e. The van der Waals surface area contributed by atoms with Crippen molar-refractivity contribution < 1.29 is 19.1 Å². The molecule has 1 aromatic rings. The fraction of sp³-hybridized carbons (Fsp3) is 0.385. The molecule has 1 fully saturated rings. The van der Waals surface area contributed by atoms with E-state index >= 15 is 0 Å². The van der Waals surface area contributed by atoms with E-state index < -0.39 is 23.6 Å². The lowest BCUT2D eigenvalue weighted by Crippen LogP contribution is -2.33. The Balaban J connectivity index is 1.98. The largest absolute Gasteiger partial charge is 0.481 e. The van der Waals surface area contributed by atoms with Gasteiger partial charge in [-0.1, -0.05) is 11.6 Å². The van der Waals surface area contributed by atoms with Gasteiger partial charge < -0.3 is 10.4 Å². The molecule has 0 saturated heterocycles. The number of nitrogens with one attached hydrogen (secondary N) is 1. The summed E-state index contributed by atoms with van der Waals surface area (Å²) in [5, 5.41) is 11.5. The third-order valence-corrected chi connectivity index (χ3v) is 3.61. The van der Waals surface area contributed by atoms with Crippen molar-refractivity contribution in [3.63, 3.8) is 0 Å². The lowest BCUT2D eigenvalue weighted by Gasteiger charge is -2.12. The Morgan fingerprint density at radius 1 is 1.37 bits per heavy atom. The standard InChI is InChI=1S/C13H13ClFNO3/c14-10-4-2-7(6-11(10)15)12(17)16-9-3-1-8(5-9)13(18)19/h2,4,6,8-9H,1,3,5H2,(H,16,17)(H,18,19)/t8-,9+/m0/s1. The molecule has 1 saturated carbocycles.